The van der Waals surface area contributed by atoms with Gasteiger partial charge in [0.15, 0.2) is 0 Å². The highest BCUT2D eigenvalue weighted by Gasteiger charge is 2.26. The largest absolute Gasteiger partial charge is 0.313 e. The van der Waals surface area contributed by atoms with Gasteiger partial charge in [0.2, 0.25) is 10.0 Å². The van der Waals surface area contributed by atoms with Crippen molar-refractivity contribution in [2.45, 2.75) is 58.5 Å². The van der Waals surface area contributed by atoms with Crippen LogP contribution in [0.25, 0.3) is 0 Å². The molecule has 0 spiro atoms. The first-order chi connectivity index (χ1) is 7.94. The van der Waals surface area contributed by atoms with Crippen molar-refractivity contribution in [3.8, 4) is 0 Å². The zero-order valence-corrected chi connectivity index (χ0v) is 13.2. The standard InChI is InChI=1S/C12H26N2O2S.ClH/c1-4-6-10(2)9-17(15,16)14-12-7-5-8-13-11(12)3;/h10-14H,4-9H2,1-3H3;1H. The van der Waals surface area contributed by atoms with Crippen LogP contribution in [0.1, 0.15) is 46.5 Å². The molecular formula is C12H27ClN2O2S. The highest BCUT2D eigenvalue weighted by atomic mass is 35.5. The molecule has 1 aliphatic heterocycles. The Morgan fingerprint density at radius 3 is 2.67 bits per heavy atom. The van der Waals surface area contributed by atoms with Gasteiger partial charge in [-0.3, -0.25) is 0 Å². The zero-order valence-electron chi connectivity index (χ0n) is 11.6. The lowest BCUT2D eigenvalue weighted by molar-refractivity contribution is 0.348. The normalized spacial score (nSPS) is 26.4. The number of piperidine rings is 1. The van der Waals surface area contributed by atoms with Crippen molar-refractivity contribution in [2.24, 2.45) is 5.92 Å². The lowest BCUT2D eigenvalue weighted by Crippen LogP contribution is -2.52. The molecular weight excluding hydrogens is 272 g/mol. The van der Waals surface area contributed by atoms with Crippen LogP contribution in [-0.2, 0) is 10.0 Å². The summed E-state index contributed by atoms with van der Waals surface area (Å²) in [4.78, 5) is 0. The second kappa shape index (κ2) is 8.35. The van der Waals surface area contributed by atoms with Crippen LogP contribution in [0.15, 0.2) is 0 Å². The van der Waals surface area contributed by atoms with Crippen LogP contribution in [0.3, 0.4) is 0 Å². The molecule has 0 amide bonds. The Kier molecular flexibility index (Phi) is 8.43. The van der Waals surface area contributed by atoms with E-state index in [-0.39, 0.29) is 36.2 Å². The summed E-state index contributed by atoms with van der Waals surface area (Å²) in [7, 11) is -3.13. The van der Waals surface area contributed by atoms with Gasteiger partial charge in [-0.2, -0.15) is 0 Å². The van der Waals surface area contributed by atoms with E-state index in [2.05, 4.69) is 17.0 Å². The van der Waals surface area contributed by atoms with Crippen LogP contribution in [0, 0.1) is 5.92 Å². The maximum absolute atomic E-state index is 12.0. The monoisotopic (exact) mass is 298 g/mol. The van der Waals surface area contributed by atoms with E-state index in [0.717, 1.165) is 32.2 Å². The molecule has 0 aromatic heterocycles. The summed E-state index contributed by atoms with van der Waals surface area (Å²) in [6.45, 7) is 7.13. The fourth-order valence-corrected chi connectivity index (χ4v) is 4.23. The topological polar surface area (TPSA) is 58.2 Å². The molecule has 0 bridgehead atoms. The minimum atomic E-state index is -3.13. The number of nitrogens with one attached hydrogen (secondary N) is 2. The first-order valence-corrected chi connectivity index (χ1v) is 8.33. The molecule has 3 atom stereocenters. The molecule has 0 aromatic carbocycles. The van der Waals surface area contributed by atoms with Gasteiger partial charge in [0, 0.05) is 12.1 Å². The summed E-state index contributed by atoms with van der Waals surface area (Å²) < 4.78 is 26.8. The lowest BCUT2D eigenvalue weighted by Gasteiger charge is -2.30. The Hall–Kier alpha value is 0.160. The molecule has 0 radical (unpaired) electrons. The molecule has 0 saturated carbocycles. The summed E-state index contributed by atoms with van der Waals surface area (Å²) in [5.74, 6) is 0.494. The fraction of sp³-hybridized carbons (Fsp3) is 1.00. The van der Waals surface area contributed by atoms with E-state index in [0.29, 0.717) is 0 Å². The van der Waals surface area contributed by atoms with Crippen LogP contribution < -0.4 is 10.0 Å². The highest BCUT2D eigenvalue weighted by Crippen LogP contribution is 2.12. The van der Waals surface area contributed by atoms with Crippen molar-refractivity contribution >= 4 is 22.4 Å². The Morgan fingerprint density at radius 1 is 1.44 bits per heavy atom. The van der Waals surface area contributed by atoms with Gasteiger partial charge in [-0.25, -0.2) is 13.1 Å². The average Bonchev–Trinajstić information content (AvgIpc) is 2.20. The average molecular weight is 299 g/mol. The molecule has 1 saturated heterocycles. The van der Waals surface area contributed by atoms with Gasteiger partial charge in [0.1, 0.15) is 0 Å². The number of hydrogen-bond acceptors (Lipinski definition) is 3. The number of rotatable bonds is 6. The summed E-state index contributed by atoms with van der Waals surface area (Å²) in [6, 6.07) is 0.294. The first-order valence-electron chi connectivity index (χ1n) is 6.68. The molecule has 1 rings (SSSR count). The predicted octanol–water partition coefficient (Wildman–Crippen LogP) is 1.90. The van der Waals surface area contributed by atoms with Crippen molar-refractivity contribution in [3.63, 3.8) is 0 Å². The number of halogens is 1. The van der Waals surface area contributed by atoms with Crippen molar-refractivity contribution in [1.29, 1.82) is 0 Å². The predicted molar refractivity (Wildman–Crippen MR) is 78.7 cm³/mol. The van der Waals surface area contributed by atoms with Crippen LogP contribution in [0.5, 0.6) is 0 Å². The molecule has 2 N–H and O–H groups in total. The van der Waals surface area contributed by atoms with Gasteiger partial charge in [0.25, 0.3) is 0 Å². The molecule has 3 unspecified atom stereocenters. The molecule has 1 fully saturated rings. The Bertz CT molecular complexity index is 322. The summed E-state index contributed by atoms with van der Waals surface area (Å²) >= 11 is 0. The maximum Gasteiger partial charge on any atom is 0.212 e. The zero-order chi connectivity index (χ0) is 12.9. The van der Waals surface area contributed by atoms with Crippen molar-refractivity contribution in [1.82, 2.24) is 10.0 Å². The van der Waals surface area contributed by atoms with Gasteiger partial charge in [-0.15, -0.1) is 12.4 Å². The van der Waals surface area contributed by atoms with Gasteiger partial charge in [-0.05, 0) is 38.6 Å². The number of sulfonamides is 1. The third kappa shape index (κ3) is 6.36. The van der Waals surface area contributed by atoms with E-state index in [1.165, 1.54) is 0 Å². The Labute approximate surface area is 118 Å². The quantitative estimate of drug-likeness (QED) is 0.787. The molecule has 18 heavy (non-hydrogen) atoms. The summed E-state index contributed by atoms with van der Waals surface area (Å²) in [5, 5.41) is 3.31. The summed E-state index contributed by atoms with van der Waals surface area (Å²) in [5.41, 5.74) is 0. The molecule has 1 heterocycles. The lowest BCUT2D eigenvalue weighted by atomic mass is 10.0. The van der Waals surface area contributed by atoms with Crippen LogP contribution in [-0.4, -0.2) is 32.8 Å². The van der Waals surface area contributed by atoms with Crippen LogP contribution in [0.4, 0.5) is 0 Å². The number of hydrogen-bond donors (Lipinski definition) is 2. The smallest absolute Gasteiger partial charge is 0.212 e. The third-order valence-corrected chi connectivity index (χ3v) is 5.05. The highest BCUT2D eigenvalue weighted by molar-refractivity contribution is 7.89. The van der Waals surface area contributed by atoms with E-state index >= 15 is 0 Å². The van der Waals surface area contributed by atoms with Gasteiger partial charge in [-0.1, -0.05) is 20.3 Å². The SMILES string of the molecule is CCCC(C)CS(=O)(=O)NC1CCCNC1C.Cl. The van der Waals surface area contributed by atoms with E-state index < -0.39 is 10.0 Å². The van der Waals surface area contributed by atoms with E-state index in [4.69, 9.17) is 0 Å². The Morgan fingerprint density at radius 2 is 2.11 bits per heavy atom. The molecule has 0 aromatic rings. The minimum Gasteiger partial charge on any atom is -0.313 e. The van der Waals surface area contributed by atoms with Crippen molar-refractivity contribution in [3.05, 3.63) is 0 Å². The molecule has 0 aliphatic carbocycles. The Balaban J connectivity index is 0.00000289. The van der Waals surface area contributed by atoms with E-state index in [9.17, 15) is 8.42 Å². The summed E-state index contributed by atoms with van der Waals surface area (Å²) in [6.07, 6.45) is 4.00. The molecule has 6 heteroatoms. The van der Waals surface area contributed by atoms with Gasteiger partial charge in [0.05, 0.1) is 5.75 Å². The molecule has 110 valence electrons. The van der Waals surface area contributed by atoms with Crippen molar-refractivity contribution in [2.75, 3.05) is 12.3 Å². The fourth-order valence-electron chi connectivity index (χ4n) is 2.43. The maximum atomic E-state index is 12.0. The van der Waals surface area contributed by atoms with E-state index in [1.807, 2.05) is 13.8 Å². The van der Waals surface area contributed by atoms with Crippen LogP contribution >= 0.6 is 12.4 Å². The first kappa shape index (κ1) is 18.2. The van der Waals surface area contributed by atoms with Crippen LogP contribution in [0.2, 0.25) is 0 Å². The molecule has 4 nitrogen and oxygen atoms in total. The molecule has 1 aliphatic rings. The van der Waals surface area contributed by atoms with Crippen molar-refractivity contribution < 1.29 is 8.42 Å². The van der Waals surface area contributed by atoms with E-state index in [1.54, 1.807) is 0 Å². The third-order valence-electron chi connectivity index (χ3n) is 3.38. The second-order valence-electron chi connectivity index (χ2n) is 5.28. The second-order valence-corrected chi connectivity index (χ2v) is 7.08. The van der Waals surface area contributed by atoms with Gasteiger partial charge < -0.3 is 5.32 Å². The minimum absolute atomic E-state index is 0. The van der Waals surface area contributed by atoms with Gasteiger partial charge >= 0.3 is 0 Å².